The van der Waals surface area contributed by atoms with Crippen LogP contribution in [0, 0.1) is 0 Å². The Balaban J connectivity index is 1.79. The van der Waals surface area contributed by atoms with Gasteiger partial charge in [-0.05, 0) is 11.6 Å². The van der Waals surface area contributed by atoms with Crippen LogP contribution in [-0.4, -0.2) is 32.6 Å². The SMILES string of the molecule is O=S(=O)(NC1CSc2ccccc21)C1COC1. The van der Waals surface area contributed by atoms with Gasteiger partial charge in [-0.25, -0.2) is 13.1 Å². The number of rotatable bonds is 3. The highest BCUT2D eigenvalue weighted by Gasteiger charge is 2.36. The van der Waals surface area contributed by atoms with Crippen LogP contribution in [0.15, 0.2) is 29.2 Å². The predicted molar refractivity (Wildman–Crippen MR) is 66.6 cm³/mol. The molecule has 2 heterocycles. The van der Waals surface area contributed by atoms with Crippen molar-refractivity contribution < 1.29 is 13.2 Å². The number of fused-ring (bicyclic) bond motifs is 1. The van der Waals surface area contributed by atoms with E-state index in [1.165, 1.54) is 4.90 Å². The highest BCUT2D eigenvalue weighted by atomic mass is 32.2. The summed E-state index contributed by atoms with van der Waals surface area (Å²) in [6.07, 6.45) is 0. The van der Waals surface area contributed by atoms with Gasteiger partial charge in [0.15, 0.2) is 0 Å². The molecular formula is C11H13NO3S2. The van der Waals surface area contributed by atoms with E-state index in [2.05, 4.69) is 4.72 Å². The van der Waals surface area contributed by atoms with Gasteiger partial charge in [-0.1, -0.05) is 18.2 Å². The molecule has 1 saturated heterocycles. The first kappa shape index (κ1) is 11.5. The second kappa shape index (κ2) is 4.28. The first-order valence-electron chi connectivity index (χ1n) is 5.47. The van der Waals surface area contributed by atoms with Crippen LogP contribution in [0.5, 0.6) is 0 Å². The summed E-state index contributed by atoms with van der Waals surface area (Å²) in [5, 5.41) is -0.375. The first-order valence-corrected chi connectivity index (χ1v) is 8.00. The van der Waals surface area contributed by atoms with E-state index in [0.717, 1.165) is 11.3 Å². The van der Waals surface area contributed by atoms with E-state index in [9.17, 15) is 8.42 Å². The monoisotopic (exact) mass is 271 g/mol. The quantitative estimate of drug-likeness (QED) is 0.896. The number of hydrogen-bond acceptors (Lipinski definition) is 4. The third kappa shape index (κ3) is 2.10. The molecule has 2 aliphatic heterocycles. The van der Waals surface area contributed by atoms with Gasteiger partial charge in [0.05, 0.1) is 19.3 Å². The van der Waals surface area contributed by atoms with Gasteiger partial charge in [0.25, 0.3) is 0 Å². The van der Waals surface area contributed by atoms with Gasteiger partial charge >= 0.3 is 0 Å². The van der Waals surface area contributed by atoms with Crippen molar-refractivity contribution in [1.29, 1.82) is 0 Å². The minimum absolute atomic E-state index is 0.0956. The fraction of sp³-hybridized carbons (Fsp3) is 0.455. The lowest BCUT2D eigenvalue weighted by Crippen LogP contribution is -2.47. The fourth-order valence-corrected chi connectivity index (χ4v) is 4.56. The lowest BCUT2D eigenvalue weighted by Gasteiger charge is -2.27. The average molecular weight is 271 g/mol. The summed E-state index contributed by atoms with van der Waals surface area (Å²) in [7, 11) is -3.24. The lowest BCUT2D eigenvalue weighted by atomic mass is 10.1. The number of benzene rings is 1. The maximum atomic E-state index is 12.0. The second-order valence-electron chi connectivity index (χ2n) is 4.22. The molecule has 1 N–H and O–H groups in total. The van der Waals surface area contributed by atoms with Crippen LogP contribution >= 0.6 is 11.8 Å². The second-order valence-corrected chi connectivity index (χ2v) is 7.28. The third-order valence-electron chi connectivity index (χ3n) is 3.05. The molecule has 1 aromatic carbocycles. The minimum atomic E-state index is -3.24. The van der Waals surface area contributed by atoms with Crippen LogP contribution in [0.3, 0.4) is 0 Å². The van der Waals surface area contributed by atoms with Crippen molar-refractivity contribution in [3.05, 3.63) is 29.8 Å². The Hall–Kier alpha value is -0.560. The molecule has 1 aromatic rings. The Labute approximate surface area is 105 Å². The number of thioether (sulfide) groups is 1. The van der Waals surface area contributed by atoms with Crippen LogP contribution in [-0.2, 0) is 14.8 Å². The van der Waals surface area contributed by atoms with Gasteiger partial charge < -0.3 is 4.74 Å². The highest BCUT2D eigenvalue weighted by molar-refractivity contribution is 7.99. The van der Waals surface area contributed by atoms with Gasteiger partial charge in [-0.2, -0.15) is 0 Å². The number of sulfonamides is 1. The third-order valence-corrected chi connectivity index (χ3v) is 6.00. The van der Waals surface area contributed by atoms with Gasteiger partial charge in [0, 0.05) is 10.6 Å². The molecule has 6 heteroatoms. The van der Waals surface area contributed by atoms with E-state index in [1.807, 2.05) is 24.3 Å². The molecule has 0 amide bonds. The molecule has 0 radical (unpaired) electrons. The molecule has 2 aliphatic rings. The van der Waals surface area contributed by atoms with Crippen molar-refractivity contribution in [1.82, 2.24) is 4.72 Å². The van der Waals surface area contributed by atoms with Crippen LogP contribution in [0.25, 0.3) is 0 Å². The molecule has 0 spiro atoms. The zero-order valence-electron chi connectivity index (χ0n) is 9.13. The summed E-state index contributed by atoms with van der Waals surface area (Å²) in [5.74, 6) is 0.770. The molecule has 4 nitrogen and oxygen atoms in total. The molecule has 17 heavy (non-hydrogen) atoms. The Morgan fingerprint density at radius 3 is 2.76 bits per heavy atom. The Morgan fingerprint density at radius 1 is 1.29 bits per heavy atom. The maximum Gasteiger partial charge on any atom is 0.219 e. The highest BCUT2D eigenvalue weighted by Crippen LogP contribution is 2.38. The molecule has 1 fully saturated rings. The van der Waals surface area contributed by atoms with Gasteiger partial charge in [0.1, 0.15) is 5.25 Å². The van der Waals surface area contributed by atoms with Crippen LogP contribution in [0.1, 0.15) is 11.6 Å². The smallest absolute Gasteiger partial charge is 0.219 e. The number of hydrogen-bond donors (Lipinski definition) is 1. The van der Waals surface area contributed by atoms with E-state index in [-0.39, 0.29) is 11.3 Å². The van der Waals surface area contributed by atoms with Gasteiger partial charge in [-0.15, -0.1) is 11.8 Å². The Bertz CT molecular complexity index is 525. The first-order chi connectivity index (χ1) is 8.17. The standard InChI is InChI=1S/C11H13NO3S2/c13-17(14,8-5-15-6-8)12-10-7-16-11-4-2-1-3-9(10)11/h1-4,8,10,12H,5-7H2. The molecule has 92 valence electrons. The topological polar surface area (TPSA) is 55.4 Å². The van der Waals surface area contributed by atoms with E-state index < -0.39 is 10.0 Å². The number of nitrogens with one attached hydrogen (secondary N) is 1. The van der Waals surface area contributed by atoms with Crippen molar-refractivity contribution in [2.24, 2.45) is 0 Å². The van der Waals surface area contributed by atoms with Crippen LogP contribution in [0.2, 0.25) is 0 Å². The van der Waals surface area contributed by atoms with Crippen molar-refractivity contribution >= 4 is 21.8 Å². The average Bonchev–Trinajstić information content (AvgIpc) is 2.58. The molecule has 0 bridgehead atoms. The van der Waals surface area contributed by atoms with E-state index in [4.69, 9.17) is 4.74 Å². The fourth-order valence-electron chi connectivity index (χ4n) is 1.95. The van der Waals surface area contributed by atoms with Gasteiger partial charge in [0.2, 0.25) is 10.0 Å². The lowest BCUT2D eigenvalue weighted by molar-refractivity contribution is 0.0410. The minimum Gasteiger partial charge on any atom is -0.378 e. The van der Waals surface area contributed by atoms with Crippen LogP contribution in [0.4, 0.5) is 0 Å². The molecule has 1 unspecified atom stereocenters. The maximum absolute atomic E-state index is 12.0. The van der Waals surface area contributed by atoms with Gasteiger partial charge in [-0.3, -0.25) is 0 Å². The summed E-state index contributed by atoms with van der Waals surface area (Å²) in [6, 6.07) is 7.84. The molecule has 0 aliphatic carbocycles. The van der Waals surface area contributed by atoms with Crippen molar-refractivity contribution in [3.63, 3.8) is 0 Å². The summed E-state index contributed by atoms with van der Waals surface area (Å²) < 4.78 is 31.7. The number of ether oxygens (including phenoxy) is 1. The summed E-state index contributed by atoms with van der Waals surface area (Å²) in [6.45, 7) is 0.633. The Morgan fingerprint density at radius 2 is 2.06 bits per heavy atom. The van der Waals surface area contributed by atoms with Crippen molar-refractivity contribution in [3.8, 4) is 0 Å². The zero-order chi connectivity index (χ0) is 11.9. The molecular weight excluding hydrogens is 258 g/mol. The van der Waals surface area contributed by atoms with Crippen LogP contribution < -0.4 is 4.72 Å². The molecule has 0 aromatic heterocycles. The van der Waals surface area contributed by atoms with Crippen molar-refractivity contribution in [2.45, 2.75) is 16.2 Å². The van der Waals surface area contributed by atoms with E-state index >= 15 is 0 Å². The van der Waals surface area contributed by atoms with E-state index in [1.54, 1.807) is 11.8 Å². The van der Waals surface area contributed by atoms with Crippen molar-refractivity contribution in [2.75, 3.05) is 19.0 Å². The molecule has 0 saturated carbocycles. The zero-order valence-corrected chi connectivity index (χ0v) is 10.8. The molecule has 3 rings (SSSR count). The Kier molecular flexibility index (Phi) is 2.90. The normalized spacial score (nSPS) is 24.4. The summed E-state index contributed by atoms with van der Waals surface area (Å²) >= 11 is 1.70. The summed E-state index contributed by atoms with van der Waals surface area (Å²) in [5.41, 5.74) is 1.08. The summed E-state index contributed by atoms with van der Waals surface area (Å²) in [4.78, 5) is 1.17. The van der Waals surface area contributed by atoms with E-state index in [0.29, 0.717) is 13.2 Å². The molecule has 1 atom stereocenters. The predicted octanol–water partition coefficient (Wildman–Crippen LogP) is 1.15. The largest absolute Gasteiger partial charge is 0.378 e.